The van der Waals surface area contributed by atoms with Crippen LogP contribution >= 0.6 is 11.3 Å². The molecule has 176 valence electrons. The highest BCUT2D eigenvalue weighted by Crippen LogP contribution is 2.32. The number of aryl methyl sites for hydroxylation is 2. The molecule has 0 saturated carbocycles. The van der Waals surface area contributed by atoms with E-state index < -0.39 is 6.04 Å². The Labute approximate surface area is 202 Å². The molecule has 4 rings (SSSR count). The van der Waals surface area contributed by atoms with Gasteiger partial charge in [0.2, 0.25) is 11.8 Å². The molecule has 0 saturated heterocycles. The van der Waals surface area contributed by atoms with E-state index in [9.17, 15) is 9.59 Å². The number of hydrogen-bond acceptors (Lipinski definition) is 6. The molecular formula is C25H27N5O3S. The SMILES string of the molecule is COCCNC(=O)[C@@H](c1cccs1)N(C(=O)Cn1nnc2ccccc21)c1ccc(C)c(C)c1. The summed E-state index contributed by atoms with van der Waals surface area (Å²) in [6.07, 6.45) is 0. The highest BCUT2D eigenvalue weighted by Gasteiger charge is 2.34. The Morgan fingerprint density at radius 1 is 1.12 bits per heavy atom. The van der Waals surface area contributed by atoms with E-state index in [0.29, 0.717) is 24.4 Å². The molecule has 0 aliphatic rings. The molecule has 0 radical (unpaired) electrons. The van der Waals surface area contributed by atoms with Gasteiger partial charge in [-0.1, -0.05) is 29.5 Å². The van der Waals surface area contributed by atoms with Crippen LogP contribution in [-0.4, -0.2) is 47.1 Å². The maximum absolute atomic E-state index is 13.9. The number of carbonyl (C=O) groups is 2. The quantitative estimate of drug-likeness (QED) is 0.372. The maximum Gasteiger partial charge on any atom is 0.249 e. The molecule has 9 heteroatoms. The molecular weight excluding hydrogens is 450 g/mol. The van der Waals surface area contributed by atoms with Crippen LogP contribution in [0.5, 0.6) is 0 Å². The van der Waals surface area contributed by atoms with E-state index in [0.717, 1.165) is 21.5 Å². The van der Waals surface area contributed by atoms with Gasteiger partial charge in [-0.15, -0.1) is 16.4 Å². The number of rotatable bonds is 9. The van der Waals surface area contributed by atoms with Crippen molar-refractivity contribution in [3.05, 3.63) is 76.0 Å². The first-order chi connectivity index (χ1) is 16.5. The minimum absolute atomic E-state index is 0.0549. The highest BCUT2D eigenvalue weighted by atomic mass is 32.1. The van der Waals surface area contributed by atoms with Gasteiger partial charge in [0.15, 0.2) is 0 Å². The third-order valence-electron chi connectivity index (χ3n) is 5.67. The number of fused-ring (bicyclic) bond motifs is 1. The smallest absolute Gasteiger partial charge is 0.249 e. The molecule has 0 spiro atoms. The fourth-order valence-electron chi connectivity index (χ4n) is 3.74. The van der Waals surface area contributed by atoms with Crippen molar-refractivity contribution >= 4 is 39.9 Å². The molecule has 0 bridgehead atoms. The standard InChI is InChI=1S/C25H27N5O3S/c1-17-10-11-19(15-18(17)2)30(23(31)16-29-21-8-5-4-7-20(21)27-28-29)24(22-9-6-14-34-22)25(32)26-12-13-33-3/h4-11,14-15,24H,12-13,16H2,1-3H3,(H,26,32)/t24-/m1/s1. The van der Waals surface area contributed by atoms with E-state index in [2.05, 4.69) is 15.6 Å². The van der Waals surface area contributed by atoms with Crippen LogP contribution in [-0.2, 0) is 20.9 Å². The number of methoxy groups -OCH3 is 1. The molecule has 0 fully saturated rings. The number of para-hydroxylation sites is 1. The second-order valence-electron chi connectivity index (χ2n) is 7.97. The average Bonchev–Trinajstić information content (AvgIpc) is 3.50. The summed E-state index contributed by atoms with van der Waals surface area (Å²) in [5.41, 5.74) is 4.26. The molecule has 1 atom stereocenters. The molecule has 2 aromatic carbocycles. The van der Waals surface area contributed by atoms with E-state index in [4.69, 9.17) is 4.74 Å². The maximum atomic E-state index is 13.9. The number of anilines is 1. The summed E-state index contributed by atoms with van der Waals surface area (Å²) in [4.78, 5) is 29.6. The summed E-state index contributed by atoms with van der Waals surface area (Å²) >= 11 is 1.44. The predicted octanol–water partition coefficient (Wildman–Crippen LogP) is 3.65. The first-order valence-electron chi connectivity index (χ1n) is 11.0. The van der Waals surface area contributed by atoms with Gasteiger partial charge in [-0.05, 0) is 60.7 Å². The van der Waals surface area contributed by atoms with Crippen LogP contribution in [0.15, 0.2) is 60.0 Å². The number of ether oxygens (including phenoxy) is 1. The van der Waals surface area contributed by atoms with Gasteiger partial charge in [0.05, 0.1) is 12.1 Å². The number of thiophene rings is 1. The Morgan fingerprint density at radius 3 is 2.68 bits per heavy atom. The van der Waals surface area contributed by atoms with Crippen molar-refractivity contribution in [1.29, 1.82) is 0 Å². The van der Waals surface area contributed by atoms with Gasteiger partial charge in [-0.3, -0.25) is 14.5 Å². The van der Waals surface area contributed by atoms with E-state index in [-0.39, 0.29) is 18.4 Å². The number of amides is 2. The van der Waals surface area contributed by atoms with Gasteiger partial charge in [-0.2, -0.15) is 0 Å². The largest absolute Gasteiger partial charge is 0.383 e. The number of nitrogens with one attached hydrogen (secondary N) is 1. The van der Waals surface area contributed by atoms with Crippen molar-refractivity contribution in [2.75, 3.05) is 25.2 Å². The number of nitrogens with zero attached hydrogens (tertiary/aromatic N) is 4. The van der Waals surface area contributed by atoms with Gasteiger partial charge in [-0.25, -0.2) is 4.68 Å². The lowest BCUT2D eigenvalue weighted by molar-refractivity contribution is -0.127. The van der Waals surface area contributed by atoms with Crippen LogP contribution < -0.4 is 10.2 Å². The van der Waals surface area contributed by atoms with Crippen molar-refractivity contribution in [2.24, 2.45) is 0 Å². The average molecular weight is 478 g/mol. The molecule has 0 aliphatic carbocycles. The molecule has 0 unspecified atom stereocenters. The molecule has 8 nitrogen and oxygen atoms in total. The second-order valence-corrected chi connectivity index (χ2v) is 8.95. The third kappa shape index (κ3) is 5.00. The lowest BCUT2D eigenvalue weighted by atomic mass is 10.1. The minimum atomic E-state index is -0.832. The van der Waals surface area contributed by atoms with E-state index >= 15 is 0 Å². The Hall–Kier alpha value is -3.56. The summed E-state index contributed by atoms with van der Waals surface area (Å²) in [7, 11) is 1.58. The fourth-order valence-corrected chi connectivity index (χ4v) is 4.56. The number of aromatic nitrogens is 3. The molecule has 4 aromatic rings. The molecule has 34 heavy (non-hydrogen) atoms. The zero-order valence-corrected chi connectivity index (χ0v) is 20.2. The minimum Gasteiger partial charge on any atom is -0.383 e. The molecule has 0 aliphatic heterocycles. The Bertz CT molecular complexity index is 1280. The van der Waals surface area contributed by atoms with Crippen molar-refractivity contribution < 1.29 is 14.3 Å². The van der Waals surface area contributed by atoms with Crippen molar-refractivity contribution in [3.63, 3.8) is 0 Å². The van der Waals surface area contributed by atoms with Gasteiger partial charge < -0.3 is 10.1 Å². The molecule has 2 amide bonds. The lowest BCUT2D eigenvalue weighted by Crippen LogP contribution is -2.45. The lowest BCUT2D eigenvalue weighted by Gasteiger charge is -2.31. The zero-order chi connectivity index (χ0) is 24.1. The van der Waals surface area contributed by atoms with Crippen molar-refractivity contribution in [3.8, 4) is 0 Å². The first kappa shape index (κ1) is 23.6. The van der Waals surface area contributed by atoms with E-state index in [1.807, 2.05) is 73.8 Å². The van der Waals surface area contributed by atoms with E-state index in [1.54, 1.807) is 16.7 Å². The highest BCUT2D eigenvalue weighted by molar-refractivity contribution is 7.10. The number of carbonyl (C=O) groups excluding carboxylic acids is 2. The third-order valence-corrected chi connectivity index (χ3v) is 6.59. The van der Waals surface area contributed by atoms with E-state index in [1.165, 1.54) is 11.3 Å². The van der Waals surface area contributed by atoms with Crippen molar-refractivity contribution in [2.45, 2.75) is 26.4 Å². The van der Waals surface area contributed by atoms with Gasteiger partial charge in [0.1, 0.15) is 18.1 Å². The van der Waals surface area contributed by atoms with Crippen LogP contribution in [0.3, 0.4) is 0 Å². The summed E-state index contributed by atoms with van der Waals surface area (Å²) in [6, 6.07) is 16.2. The van der Waals surface area contributed by atoms with Gasteiger partial charge >= 0.3 is 0 Å². The molecule has 1 N–H and O–H groups in total. The molecule has 2 heterocycles. The van der Waals surface area contributed by atoms with Crippen LogP contribution in [0.2, 0.25) is 0 Å². The predicted molar refractivity (Wildman–Crippen MR) is 133 cm³/mol. The van der Waals surface area contributed by atoms with Crippen LogP contribution in [0, 0.1) is 13.8 Å². The van der Waals surface area contributed by atoms with Gasteiger partial charge in [0, 0.05) is 24.2 Å². The fraction of sp³-hybridized carbons (Fsp3) is 0.280. The zero-order valence-electron chi connectivity index (χ0n) is 19.4. The van der Waals surface area contributed by atoms with Gasteiger partial charge in [0.25, 0.3) is 0 Å². The first-order valence-corrected chi connectivity index (χ1v) is 11.8. The Balaban J connectivity index is 1.76. The summed E-state index contributed by atoms with van der Waals surface area (Å²) in [5.74, 6) is -0.534. The summed E-state index contributed by atoms with van der Waals surface area (Å²) in [6.45, 7) is 4.68. The number of hydrogen-bond donors (Lipinski definition) is 1. The number of benzene rings is 2. The Morgan fingerprint density at radius 2 is 1.94 bits per heavy atom. The second kappa shape index (κ2) is 10.6. The van der Waals surface area contributed by atoms with Crippen LogP contribution in [0.4, 0.5) is 5.69 Å². The monoisotopic (exact) mass is 477 g/mol. The summed E-state index contributed by atoms with van der Waals surface area (Å²) in [5, 5.41) is 13.1. The normalized spacial score (nSPS) is 12.0. The Kier molecular flexibility index (Phi) is 7.34. The van der Waals surface area contributed by atoms with Crippen LogP contribution in [0.1, 0.15) is 22.0 Å². The molecule has 2 aromatic heterocycles. The topological polar surface area (TPSA) is 89.4 Å². The van der Waals surface area contributed by atoms with Crippen molar-refractivity contribution in [1.82, 2.24) is 20.3 Å². The van der Waals surface area contributed by atoms with Crippen LogP contribution in [0.25, 0.3) is 11.0 Å². The summed E-state index contributed by atoms with van der Waals surface area (Å²) < 4.78 is 6.65.